The maximum Gasteiger partial charge on any atom is 0.184 e. The van der Waals surface area contributed by atoms with E-state index in [1.54, 1.807) is 0 Å². The molecule has 0 spiro atoms. The van der Waals surface area contributed by atoms with Crippen LogP contribution < -0.4 is 0 Å². The maximum absolute atomic E-state index is 11.3. The molecule has 6 nitrogen and oxygen atoms in total. The molecule has 0 radical (unpaired) electrons. The van der Waals surface area contributed by atoms with Gasteiger partial charge in [-0.2, -0.15) is 0 Å². The number of rotatable bonds is 7. The van der Waals surface area contributed by atoms with Gasteiger partial charge in [-0.15, -0.1) is 0 Å². The van der Waals surface area contributed by atoms with Crippen LogP contribution in [0.5, 0.6) is 0 Å². The van der Waals surface area contributed by atoms with Crippen LogP contribution in [0.3, 0.4) is 0 Å². The van der Waals surface area contributed by atoms with Gasteiger partial charge in [0.05, 0.1) is 36.6 Å². The number of aliphatic hydroxyl groups is 1. The van der Waals surface area contributed by atoms with Crippen molar-refractivity contribution in [3.63, 3.8) is 0 Å². The molecule has 1 N–H and O–H groups in total. The first-order valence-corrected chi connectivity index (χ1v) is 14.0. The number of aliphatic hydroxyl groups excluding tert-OH is 1. The Morgan fingerprint density at radius 1 is 0.529 bits per heavy atom. The fourth-order valence-corrected chi connectivity index (χ4v) is 6.27. The Kier molecular flexibility index (Phi) is 9.89. The average Bonchev–Trinajstić information content (AvgIpc) is 2.83. The van der Waals surface area contributed by atoms with Crippen LogP contribution >= 0.6 is 0 Å². The number of hydrogen-bond acceptors (Lipinski definition) is 6. The third-order valence-electron chi connectivity index (χ3n) is 9.63. The maximum atomic E-state index is 11.3. The molecule has 3 saturated heterocycles. The van der Waals surface area contributed by atoms with Gasteiger partial charge in [-0.1, -0.05) is 62.3 Å². The first kappa shape index (κ1) is 28.3. The van der Waals surface area contributed by atoms with E-state index < -0.39 is 12.4 Å². The zero-order chi connectivity index (χ0) is 25.3. The molecule has 0 aromatic heterocycles. The second-order valence-electron chi connectivity index (χ2n) is 11.5. The van der Waals surface area contributed by atoms with E-state index in [2.05, 4.69) is 69.2 Å². The van der Waals surface area contributed by atoms with Crippen LogP contribution in [0.25, 0.3) is 0 Å². The van der Waals surface area contributed by atoms with E-state index in [0.29, 0.717) is 23.7 Å². The van der Waals surface area contributed by atoms with Gasteiger partial charge in [0.1, 0.15) is 6.10 Å². The van der Waals surface area contributed by atoms with Gasteiger partial charge in [0.15, 0.2) is 12.6 Å². The zero-order valence-electron chi connectivity index (χ0n) is 23.3. The fourth-order valence-electron chi connectivity index (χ4n) is 6.27. The molecule has 3 rings (SSSR count). The second-order valence-corrected chi connectivity index (χ2v) is 11.5. The molecule has 0 bridgehead atoms. The predicted octanol–water partition coefficient (Wildman–Crippen LogP) is 5.40. The van der Waals surface area contributed by atoms with E-state index in [0.717, 1.165) is 19.3 Å². The van der Waals surface area contributed by atoms with Crippen LogP contribution in [-0.2, 0) is 23.7 Å². The highest BCUT2D eigenvalue weighted by Gasteiger charge is 2.49. The molecule has 3 aliphatic heterocycles. The van der Waals surface area contributed by atoms with E-state index in [1.165, 1.54) is 0 Å². The summed E-state index contributed by atoms with van der Waals surface area (Å²) in [6.45, 7) is 21.8. The van der Waals surface area contributed by atoms with Gasteiger partial charge in [0, 0.05) is 11.8 Å². The highest BCUT2D eigenvalue weighted by atomic mass is 16.7. The third-order valence-corrected chi connectivity index (χ3v) is 9.63. The summed E-state index contributed by atoms with van der Waals surface area (Å²) in [6.07, 6.45) is 0.781. The topological polar surface area (TPSA) is 66.4 Å². The molecule has 0 aromatic rings. The molecule has 34 heavy (non-hydrogen) atoms. The lowest BCUT2D eigenvalue weighted by molar-refractivity contribution is -0.349. The lowest BCUT2D eigenvalue weighted by Gasteiger charge is -2.50. The smallest absolute Gasteiger partial charge is 0.184 e. The molecule has 0 amide bonds. The Labute approximate surface area is 208 Å². The van der Waals surface area contributed by atoms with Crippen LogP contribution in [0, 0.1) is 35.5 Å². The second kappa shape index (κ2) is 11.9. The minimum absolute atomic E-state index is 0.00676. The lowest BCUT2D eigenvalue weighted by Crippen LogP contribution is -2.59. The minimum atomic E-state index is -0.774. The van der Waals surface area contributed by atoms with Crippen LogP contribution in [0.2, 0.25) is 0 Å². The minimum Gasteiger partial charge on any atom is -0.387 e. The van der Waals surface area contributed by atoms with E-state index >= 15 is 0 Å². The van der Waals surface area contributed by atoms with E-state index in [1.807, 2.05) is 0 Å². The van der Waals surface area contributed by atoms with Crippen LogP contribution in [-0.4, -0.2) is 60.4 Å². The van der Waals surface area contributed by atoms with Crippen molar-refractivity contribution in [3.8, 4) is 0 Å². The summed E-state index contributed by atoms with van der Waals surface area (Å²) >= 11 is 0. The van der Waals surface area contributed by atoms with Gasteiger partial charge in [-0.25, -0.2) is 0 Å². The van der Waals surface area contributed by atoms with Gasteiger partial charge in [-0.3, -0.25) is 0 Å². The Morgan fingerprint density at radius 3 is 1.62 bits per heavy atom. The molecule has 15 atom stereocenters. The normalized spacial score (nSPS) is 52.5. The number of hydrogen-bond donors (Lipinski definition) is 1. The Hall–Kier alpha value is -0.240. The first-order valence-electron chi connectivity index (χ1n) is 14.0. The third kappa shape index (κ3) is 5.52. The van der Waals surface area contributed by atoms with Crippen molar-refractivity contribution in [2.75, 3.05) is 0 Å². The quantitative estimate of drug-likeness (QED) is 0.522. The molecule has 0 aromatic carbocycles. The Balaban J connectivity index is 1.72. The van der Waals surface area contributed by atoms with Gasteiger partial charge < -0.3 is 28.8 Å². The van der Waals surface area contributed by atoms with Crippen molar-refractivity contribution in [3.05, 3.63) is 0 Å². The molecule has 0 aliphatic carbocycles. The van der Waals surface area contributed by atoms with Gasteiger partial charge in [-0.05, 0) is 49.9 Å². The largest absolute Gasteiger partial charge is 0.387 e. The predicted molar refractivity (Wildman–Crippen MR) is 133 cm³/mol. The van der Waals surface area contributed by atoms with E-state index in [-0.39, 0.29) is 54.7 Å². The molecule has 3 fully saturated rings. The van der Waals surface area contributed by atoms with Gasteiger partial charge in [0.25, 0.3) is 0 Å². The monoisotopic (exact) mass is 484 g/mol. The Morgan fingerprint density at radius 2 is 1.03 bits per heavy atom. The highest BCUT2D eigenvalue weighted by molar-refractivity contribution is 4.92. The highest BCUT2D eigenvalue weighted by Crippen LogP contribution is 2.41. The molecular formula is C28H52O6. The SMILES string of the molecule is CCC1O[C@H](O[C@@H]2C(CC)O[C@H](O[C@H]3C(CC)O[C@@H](C)C(C)[C@H]3C)C(O)C2C)C(C)C(C)[C@@H]1C. The summed E-state index contributed by atoms with van der Waals surface area (Å²) in [7, 11) is 0. The molecule has 3 aliphatic rings. The fraction of sp³-hybridized carbons (Fsp3) is 1.00. The summed E-state index contributed by atoms with van der Waals surface area (Å²) in [5, 5.41) is 11.3. The average molecular weight is 485 g/mol. The van der Waals surface area contributed by atoms with Crippen molar-refractivity contribution in [1.29, 1.82) is 0 Å². The first-order chi connectivity index (χ1) is 16.0. The summed E-state index contributed by atoms with van der Waals surface area (Å²) in [5.41, 5.74) is 0. The van der Waals surface area contributed by atoms with Crippen LogP contribution in [0.1, 0.15) is 88.5 Å². The van der Waals surface area contributed by atoms with Crippen molar-refractivity contribution in [2.45, 2.75) is 144 Å². The van der Waals surface area contributed by atoms with Crippen LogP contribution in [0.15, 0.2) is 0 Å². The van der Waals surface area contributed by atoms with Crippen molar-refractivity contribution >= 4 is 0 Å². The summed E-state index contributed by atoms with van der Waals surface area (Å²) in [6, 6.07) is 0. The molecule has 0 saturated carbocycles. The van der Waals surface area contributed by atoms with Gasteiger partial charge >= 0.3 is 0 Å². The van der Waals surface area contributed by atoms with E-state index in [4.69, 9.17) is 23.7 Å². The lowest BCUT2D eigenvalue weighted by atomic mass is 9.78. The van der Waals surface area contributed by atoms with Crippen molar-refractivity contribution in [2.24, 2.45) is 35.5 Å². The standard InChI is InChI=1S/C28H52O6/c1-11-21-16(6)14(4)18(8)27(31-21)33-26-19(9)24(29)28(32-23(26)13-3)34-25-17(7)15(5)20(10)30-22(25)12-2/h14-29H,11-13H2,1-10H3/t14?,15?,16-,17+,18?,19?,20-,21?,22?,23?,24?,25+,26-,27+,28+/m0/s1. The summed E-state index contributed by atoms with van der Waals surface area (Å²) in [5.74, 6) is 1.85. The van der Waals surface area contributed by atoms with Gasteiger partial charge in [0.2, 0.25) is 0 Å². The van der Waals surface area contributed by atoms with Crippen molar-refractivity contribution in [1.82, 2.24) is 0 Å². The Bertz CT molecular complexity index is 624. The van der Waals surface area contributed by atoms with Crippen molar-refractivity contribution < 1.29 is 28.8 Å². The molecule has 200 valence electrons. The number of ether oxygens (including phenoxy) is 5. The van der Waals surface area contributed by atoms with Crippen LogP contribution in [0.4, 0.5) is 0 Å². The molecule has 3 heterocycles. The molecular weight excluding hydrogens is 432 g/mol. The molecule has 6 heteroatoms. The molecule has 8 unspecified atom stereocenters. The zero-order valence-corrected chi connectivity index (χ0v) is 23.3. The summed E-state index contributed by atoms with van der Waals surface area (Å²) < 4.78 is 32.2. The van der Waals surface area contributed by atoms with E-state index in [9.17, 15) is 5.11 Å². The summed E-state index contributed by atoms with van der Waals surface area (Å²) in [4.78, 5) is 0.